The number of hydrogen-bond acceptors (Lipinski definition) is 3. The molecule has 3 nitrogen and oxygen atoms in total. The van der Waals surface area contributed by atoms with Crippen LogP contribution in [0.5, 0.6) is 0 Å². The van der Waals surface area contributed by atoms with Crippen molar-refractivity contribution in [2.24, 2.45) is 0 Å². The van der Waals surface area contributed by atoms with Gasteiger partial charge in [-0.1, -0.05) is 23.2 Å². The lowest BCUT2D eigenvalue weighted by atomic mass is 10.4. The fourth-order valence-electron chi connectivity index (χ4n) is 0.908. The molecule has 0 atom stereocenters. The summed E-state index contributed by atoms with van der Waals surface area (Å²) in [5, 5.41) is 0.842. The number of hydrogen-bond donors (Lipinski definition) is 0. The lowest BCUT2D eigenvalue weighted by Gasteiger charge is -1.97. The van der Waals surface area contributed by atoms with E-state index in [2.05, 4.69) is 15.0 Å². The highest BCUT2D eigenvalue weighted by molar-refractivity contribution is 6.37. The Bertz CT molecular complexity index is 430. The third-order valence-electron chi connectivity index (χ3n) is 1.39. The molecule has 0 aliphatic heterocycles. The van der Waals surface area contributed by atoms with E-state index >= 15 is 0 Å². The molecule has 0 N–H and O–H groups in total. The fraction of sp³-hybridized carbons (Fsp3) is 0. The molecule has 2 rings (SSSR count). The molecule has 2 aromatic heterocycles. The minimum Gasteiger partial charge on any atom is -0.243 e. The van der Waals surface area contributed by atoms with Gasteiger partial charge in [0.1, 0.15) is 22.5 Å². The van der Waals surface area contributed by atoms with Gasteiger partial charge in [-0.05, 0) is 6.07 Å². The molecule has 0 amide bonds. The maximum atomic E-state index is 5.85. The first-order valence-electron chi connectivity index (χ1n) is 3.19. The lowest BCUT2D eigenvalue weighted by Crippen LogP contribution is -1.85. The van der Waals surface area contributed by atoms with Gasteiger partial charge in [0.25, 0.3) is 0 Å². The smallest absolute Gasteiger partial charge is 0.131 e. The average Bonchev–Trinajstić information content (AvgIpc) is 2.04. The Labute approximate surface area is 78.4 Å². The van der Waals surface area contributed by atoms with E-state index in [4.69, 9.17) is 23.2 Å². The topological polar surface area (TPSA) is 38.7 Å². The first kappa shape index (κ1) is 7.71. The van der Waals surface area contributed by atoms with E-state index < -0.39 is 0 Å². The molecule has 0 spiro atoms. The summed E-state index contributed by atoms with van der Waals surface area (Å²) in [4.78, 5) is 11.8. The number of fused-ring (bicyclic) bond motifs is 1. The van der Waals surface area contributed by atoms with Gasteiger partial charge in [-0.3, -0.25) is 0 Å². The summed E-state index contributed by atoms with van der Waals surface area (Å²) in [6.07, 6.45) is 2.99. The number of aromatic nitrogens is 3. The Morgan fingerprint density at radius 2 is 2.08 bits per heavy atom. The standard InChI is InChI=1S/C7H3Cl2N3/c8-4-1-6(9)12-5-2-10-3-11-7(4)5/h1-3H. The number of halogens is 2. The Hall–Kier alpha value is -0.930. The van der Waals surface area contributed by atoms with Crippen molar-refractivity contribution >= 4 is 34.2 Å². The van der Waals surface area contributed by atoms with Crippen LogP contribution in [0, 0.1) is 0 Å². The molecule has 2 aromatic rings. The molecule has 0 unspecified atom stereocenters. The first-order chi connectivity index (χ1) is 5.77. The molecule has 12 heavy (non-hydrogen) atoms. The van der Waals surface area contributed by atoms with Crippen LogP contribution in [0.2, 0.25) is 10.2 Å². The Kier molecular flexibility index (Phi) is 1.83. The normalized spacial score (nSPS) is 10.5. The molecular formula is C7H3Cl2N3. The van der Waals surface area contributed by atoms with Gasteiger partial charge < -0.3 is 0 Å². The SMILES string of the molecule is Clc1cc(Cl)c2ncncc2n1. The van der Waals surface area contributed by atoms with Gasteiger partial charge in [0.2, 0.25) is 0 Å². The van der Waals surface area contributed by atoms with Crippen LogP contribution >= 0.6 is 23.2 Å². The minimum absolute atomic E-state index is 0.349. The third kappa shape index (κ3) is 1.21. The van der Waals surface area contributed by atoms with Crippen molar-refractivity contribution in [1.29, 1.82) is 0 Å². The molecule has 0 aliphatic carbocycles. The zero-order valence-corrected chi connectivity index (χ0v) is 7.34. The van der Waals surface area contributed by atoms with E-state index in [0.29, 0.717) is 21.2 Å². The predicted octanol–water partition coefficient (Wildman–Crippen LogP) is 2.33. The Morgan fingerprint density at radius 1 is 1.25 bits per heavy atom. The van der Waals surface area contributed by atoms with Crippen LogP contribution in [0.25, 0.3) is 11.0 Å². The second kappa shape index (κ2) is 2.84. The Balaban J connectivity index is 2.89. The summed E-state index contributed by atoms with van der Waals surface area (Å²) < 4.78 is 0. The van der Waals surface area contributed by atoms with Gasteiger partial charge in [0, 0.05) is 0 Å². The summed E-state index contributed by atoms with van der Waals surface area (Å²) >= 11 is 11.5. The van der Waals surface area contributed by atoms with Gasteiger partial charge >= 0.3 is 0 Å². The van der Waals surface area contributed by atoms with Crippen molar-refractivity contribution in [3.05, 3.63) is 28.8 Å². The molecular weight excluding hydrogens is 197 g/mol. The predicted molar refractivity (Wildman–Crippen MR) is 47.4 cm³/mol. The molecule has 0 radical (unpaired) electrons. The van der Waals surface area contributed by atoms with Crippen molar-refractivity contribution in [2.45, 2.75) is 0 Å². The van der Waals surface area contributed by atoms with Crippen molar-refractivity contribution < 1.29 is 0 Å². The number of rotatable bonds is 0. The van der Waals surface area contributed by atoms with E-state index in [1.165, 1.54) is 6.33 Å². The van der Waals surface area contributed by atoms with Crippen LogP contribution < -0.4 is 0 Å². The van der Waals surface area contributed by atoms with Crippen LogP contribution in [-0.4, -0.2) is 15.0 Å². The van der Waals surface area contributed by atoms with Gasteiger partial charge in [-0.25, -0.2) is 15.0 Å². The molecule has 0 saturated carbocycles. The van der Waals surface area contributed by atoms with E-state index in [-0.39, 0.29) is 0 Å². The van der Waals surface area contributed by atoms with E-state index in [1.807, 2.05) is 0 Å². The Morgan fingerprint density at radius 3 is 2.92 bits per heavy atom. The van der Waals surface area contributed by atoms with Crippen LogP contribution in [0.3, 0.4) is 0 Å². The van der Waals surface area contributed by atoms with Crippen molar-refractivity contribution in [2.75, 3.05) is 0 Å². The molecule has 0 aliphatic rings. The lowest BCUT2D eigenvalue weighted by molar-refractivity contribution is 1.20. The first-order valence-corrected chi connectivity index (χ1v) is 3.95. The maximum absolute atomic E-state index is 5.85. The van der Waals surface area contributed by atoms with Crippen molar-refractivity contribution in [3.63, 3.8) is 0 Å². The zero-order valence-electron chi connectivity index (χ0n) is 5.83. The summed E-state index contributed by atoms with van der Waals surface area (Å²) in [5.74, 6) is 0. The maximum Gasteiger partial charge on any atom is 0.131 e. The number of nitrogens with zero attached hydrogens (tertiary/aromatic N) is 3. The highest BCUT2D eigenvalue weighted by Gasteiger charge is 2.02. The van der Waals surface area contributed by atoms with Crippen molar-refractivity contribution in [3.8, 4) is 0 Å². The largest absolute Gasteiger partial charge is 0.243 e. The molecule has 0 fully saturated rings. The fourth-order valence-corrected chi connectivity index (χ4v) is 1.41. The minimum atomic E-state index is 0.349. The second-order valence-corrected chi connectivity index (χ2v) is 2.98. The highest BCUT2D eigenvalue weighted by atomic mass is 35.5. The van der Waals surface area contributed by atoms with Crippen LogP contribution in [0.15, 0.2) is 18.6 Å². The van der Waals surface area contributed by atoms with E-state index in [1.54, 1.807) is 12.3 Å². The summed E-state index contributed by atoms with van der Waals surface area (Å²) in [6.45, 7) is 0. The molecule has 0 saturated heterocycles. The van der Waals surface area contributed by atoms with Gasteiger partial charge in [-0.2, -0.15) is 0 Å². The molecule has 0 bridgehead atoms. The summed E-state index contributed by atoms with van der Waals surface area (Å²) in [7, 11) is 0. The van der Waals surface area contributed by atoms with E-state index in [9.17, 15) is 0 Å². The monoisotopic (exact) mass is 199 g/mol. The van der Waals surface area contributed by atoms with Gasteiger partial charge in [0.15, 0.2) is 0 Å². The van der Waals surface area contributed by atoms with Gasteiger partial charge in [-0.15, -0.1) is 0 Å². The molecule has 5 heteroatoms. The average molecular weight is 200 g/mol. The van der Waals surface area contributed by atoms with Crippen LogP contribution in [-0.2, 0) is 0 Å². The zero-order chi connectivity index (χ0) is 8.55. The molecule has 0 aromatic carbocycles. The van der Waals surface area contributed by atoms with Gasteiger partial charge in [0.05, 0.1) is 11.2 Å². The molecule has 60 valence electrons. The molecule has 2 heterocycles. The number of pyridine rings is 1. The van der Waals surface area contributed by atoms with Crippen molar-refractivity contribution in [1.82, 2.24) is 15.0 Å². The quantitative estimate of drug-likeness (QED) is 0.612. The summed E-state index contributed by atoms with van der Waals surface area (Å²) in [6, 6.07) is 1.55. The second-order valence-electron chi connectivity index (χ2n) is 2.18. The van der Waals surface area contributed by atoms with Crippen LogP contribution in [0.1, 0.15) is 0 Å². The van der Waals surface area contributed by atoms with E-state index in [0.717, 1.165) is 0 Å². The highest BCUT2D eigenvalue weighted by Crippen LogP contribution is 2.21. The van der Waals surface area contributed by atoms with Crippen LogP contribution in [0.4, 0.5) is 0 Å². The third-order valence-corrected chi connectivity index (χ3v) is 1.87. The summed E-state index contributed by atoms with van der Waals surface area (Å²) in [5.41, 5.74) is 1.23.